The molecule has 0 bridgehead atoms. The van der Waals surface area contributed by atoms with Crippen LogP contribution in [0.15, 0.2) is 40.9 Å². The van der Waals surface area contributed by atoms with Gasteiger partial charge in [0.1, 0.15) is 5.75 Å². The number of hydrogen-bond donors (Lipinski definition) is 1. The SMILES string of the molecule is COc1ccc(CC(N)c2ccc3c(c2)COC3)cc1Br. The summed E-state index contributed by atoms with van der Waals surface area (Å²) in [5.74, 6) is 0.835. The molecule has 3 nitrogen and oxygen atoms in total. The molecule has 3 rings (SSSR count). The summed E-state index contributed by atoms with van der Waals surface area (Å²) >= 11 is 3.51. The van der Waals surface area contributed by atoms with E-state index >= 15 is 0 Å². The van der Waals surface area contributed by atoms with Gasteiger partial charge in [-0.25, -0.2) is 0 Å². The smallest absolute Gasteiger partial charge is 0.133 e. The zero-order valence-electron chi connectivity index (χ0n) is 11.9. The fourth-order valence-corrected chi connectivity index (χ4v) is 3.22. The molecule has 0 amide bonds. The molecule has 110 valence electrons. The van der Waals surface area contributed by atoms with E-state index in [-0.39, 0.29) is 6.04 Å². The Labute approximate surface area is 133 Å². The van der Waals surface area contributed by atoms with Gasteiger partial charge in [0.05, 0.1) is 24.8 Å². The van der Waals surface area contributed by atoms with Crippen molar-refractivity contribution in [1.82, 2.24) is 0 Å². The largest absolute Gasteiger partial charge is 0.496 e. The topological polar surface area (TPSA) is 44.5 Å². The Bertz CT molecular complexity index is 657. The predicted molar refractivity (Wildman–Crippen MR) is 86.3 cm³/mol. The van der Waals surface area contributed by atoms with E-state index < -0.39 is 0 Å². The summed E-state index contributed by atoms with van der Waals surface area (Å²) in [4.78, 5) is 0. The van der Waals surface area contributed by atoms with Gasteiger partial charge in [0, 0.05) is 6.04 Å². The maximum atomic E-state index is 6.35. The summed E-state index contributed by atoms with van der Waals surface area (Å²) in [7, 11) is 1.66. The van der Waals surface area contributed by atoms with Crippen LogP contribution >= 0.6 is 15.9 Å². The molecule has 0 radical (unpaired) electrons. The quantitative estimate of drug-likeness (QED) is 0.916. The average Bonchev–Trinajstić information content (AvgIpc) is 2.94. The van der Waals surface area contributed by atoms with E-state index in [9.17, 15) is 0 Å². The summed E-state index contributed by atoms with van der Waals surface area (Å²) < 4.78 is 11.7. The molecular weight excluding hydrogens is 330 g/mol. The van der Waals surface area contributed by atoms with Crippen molar-refractivity contribution in [3.63, 3.8) is 0 Å². The van der Waals surface area contributed by atoms with Crippen molar-refractivity contribution in [2.24, 2.45) is 5.73 Å². The molecule has 1 atom stereocenters. The highest BCUT2D eigenvalue weighted by molar-refractivity contribution is 9.10. The third-order valence-electron chi connectivity index (χ3n) is 3.85. The Balaban J connectivity index is 1.76. The van der Waals surface area contributed by atoms with E-state index in [0.717, 1.165) is 28.8 Å². The highest BCUT2D eigenvalue weighted by Gasteiger charge is 2.15. The van der Waals surface area contributed by atoms with E-state index in [2.05, 4.69) is 46.3 Å². The van der Waals surface area contributed by atoms with Crippen molar-refractivity contribution >= 4 is 15.9 Å². The Morgan fingerprint density at radius 2 is 2.00 bits per heavy atom. The molecule has 2 N–H and O–H groups in total. The average molecular weight is 348 g/mol. The van der Waals surface area contributed by atoms with E-state index in [4.69, 9.17) is 15.2 Å². The number of halogens is 1. The summed E-state index contributed by atoms with van der Waals surface area (Å²) in [6, 6.07) is 12.5. The zero-order valence-corrected chi connectivity index (χ0v) is 13.5. The van der Waals surface area contributed by atoms with Crippen LogP contribution in [-0.2, 0) is 24.4 Å². The third-order valence-corrected chi connectivity index (χ3v) is 4.47. The fourth-order valence-electron chi connectivity index (χ4n) is 2.63. The van der Waals surface area contributed by atoms with E-state index in [1.165, 1.54) is 16.7 Å². The number of fused-ring (bicyclic) bond motifs is 1. The highest BCUT2D eigenvalue weighted by Crippen LogP contribution is 2.28. The number of hydrogen-bond acceptors (Lipinski definition) is 3. The van der Waals surface area contributed by atoms with Crippen LogP contribution in [0.5, 0.6) is 5.75 Å². The van der Waals surface area contributed by atoms with Crippen LogP contribution < -0.4 is 10.5 Å². The van der Waals surface area contributed by atoms with Crippen LogP contribution in [0.4, 0.5) is 0 Å². The molecular formula is C17H18BrNO2. The first kappa shape index (κ1) is 14.6. The van der Waals surface area contributed by atoms with Gasteiger partial charge in [0.2, 0.25) is 0 Å². The van der Waals surface area contributed by atoms with Gasteiger partial charge in [0.15, 0.2) is 0 Å². The van der Waals surface area contributed by atoms with Gasteiger partial charge < -0.3 is 15.2 Å². The molecule has 1 heterocycles. The number of ether oxygens (including phenoxy) is 2. The standard InChI is InChI=1S/C17H18BrNO2/c1-20-17-5-2-11(6-15(17)18)7-16(19)12-3-4-13-9-21-10-14(13)8-12/h2-6,8,16H,7,9-10,19H2,1H3. The van der Waals surface area contributed by atoms with E-state index in [1.807, 2.05) is 6.07 Å². The summed E-state index contributed by atoms with van der Waals surface area (Å²) in [5.41, 5.74) is 11.2. The maximum absolute atomic E-state index is 6.35. The van der Waals surface area contributed by atoms with Gasteiger partial charge in [-0.05, 0) is 56.7 Å². The molecule has 0 spiro atoms. The van der Waals surface area contributed by atoms with Crippen LogP contribution in [0.25, 0.3) is 0 Å². The molecule has 0 saturated heterocycles. The second-order valence-corrected chi connectivity index (χ2v) is 6.15. The molecule has 1 aliphatic rings. The molecule has 0 fully saturated rings. The number of rotatable bonds is 4. The van der Waals surface area contributed by atoms with Crippen molar-refractivity contribution in [3.8, 4) is 5.75 Å². The number of benzene rings is 2. The minimum Gasteiger partial charge on any atom is -0.496 e. The van der Waals surface area contributed by atoms with Crippen molar-refractivity contribution in [1.29, 1.82) is 0 Å². The lowest BCUT2D eigenvalue weighted by molar-refractivity contribution is 0.134. The molecule has 21 heavy (non-hydrogen) atoms. The minimum absolute atomic E-state index is 0.0174. The van der Waals surface area contributed by atoms with Gasteiger partial charge in [-0.2, -0.15) is 0 Å². The lowest BCUT2D eigenvalue weighted by Gasteiger charge is -2.14. The van der Waals surface area contributed by atoms with Crippen LogP contribution in [0.1, 0.15) is 28.3 Å². The number of methoxy groups -OCH3 is 1. The second kappa shape index (κ2) is 6.18. The second-order valence-electron chi connectivity index (χ2n) is 5.30. The fraction of sp³-hybridized carbons (Fsp3) is 0.294. The van der Waals surface area contributed by atoms with Crippen molar-refractivity contribution in [2.75, 3.05) is 7.11 Å². The van der Waals surface area contributed by atoms with Crippen LogP contribution in [0.2, 0.25) is 0 Å². The zero-order chi connectivity index (χ0) is 14.8. The molecule has 0 aliphatic carbocycles. The van der Waals surface area contributed by atoms with E-state index in [0.29, 0.717) is 6.61 Å². The van der Waals surface area contributed by atoms with Crippen molar-refractivity contribution in [3.05, 3.63) is 63.1 Å². The van der Waals surface area contributed by atoms with Gasteiger partial charge in [-0.1, -0.05) is 24.3 Å². The first-order valence-electron chi connectivity index (χ1n) is 6.95. The monoisotopic (exact) mass is 347 g/mol. The molecule has 0 aromatic heterocycles. The first-order valence-corrected chi connectivity index (χ1v) is 7.74. The molecule has 1 unspecified atom stereocenters. The Morgan fingerprint density at radius 3 is 2.76 bits per heavy atom. The summed E-state index contributed by atoms with van der Waals surface area (Å²) in [5, 5.41) is 0. The third kappa shape index (κ3) is 3.12. The maximum Gasteiger partial charge on any atom is 0.133 e. The van der Waals surface area contributed by atoms with Crippen LogP contribution in [-0.4, -0.2) is 7.11 Å². The predicted octanol–water partition coefficient (Wildman–Crippen LogP) is 3.73. The van der Waals surface area contributed by atoms with Gasteiger partial charge in [-0.15, -0.1) is 0 Å². The summed E-state index contributed by atoms with van der Waals surface area (Å²) in [6.45, 7) is 1.42. The lowest BCUT2D eigenvalue weighted by atomic mass is 9.96. The minimum atomic E-state index is -0.0174. The van der Waals surface area contributed by atoms with Crippen LogP contribution in [0, 0.1) is 0 Å². The molecule has 4 heteroatoms. The van der Waals surface area contributed by atoms with Crippen molar-refractivity contribution in [2.45, 2.75) is 25.7 Å². The van der Waals surface area contributed by atoms with Crippen molar-refractivity contribution < 1.29 is 9.47 Å². The number of nitrogens with two attached hydrogens (primary N) is 1. The van der Waals surface area contributed by atoms with Gasteiger partial charge in [-0.3, -0.25) is 0 Å². The Morgan fingerprint density at radius 1 is 1.19 bits per heavy atom. The van der Waals surface area contributed by atoms with Gasteiger partial charge >= 0.3 is 0 Å². The van der Waals surface area contributed by atoms with Crippen LogP contribution in [0.3, 0.4) is 0 Å². The highest BCUT2D eigenvalue weighted by atomic mass is 79.9. The van der Waals surface area contributed by atoms with E-state index in [1.54, 1.807) is 7.11 Å². The lowest BCUT2D eigenvalue weighted by Crippen LogP contribution is -2.13. The summed E-state index contributed by atoms with van der Waals surface area (Å²) in [6.07, 6.45) is 0.794. The Kier molecular flexibility index (Phi) is 4.29. The normalized spacial score (nSPS) is 14.8. The first-order chi connectivity index (χ1) is 10.2. The van der Waals surface area contributed by atoms with Gasteiger partial charge in [0.25, 0.3) is 0 Å². The molecule has 0 saturated carbocycles. The Hall–Kier alpha value is -1.36. The molecule has 1 aliphatic heterocycles. The molecule has 2 aromatic rings. The molecule has 2 aromatic carbocycles.